The maximum absolute atomic E-state index is 5.84. The van der Waals surface area contributed by atoms with Crippen LogP contribution in [0, 0.1) is 0 Å². The Kier molecular flexibility index (Phi) is 3.12. The van der Waals surface area contributed by atoms with E-state index in [4.69, 9.17) is 33.7 Å². The Bertz CT molecular complexity index is 502. The van der Waals surface area contributed by atoms with E-state index in [2.05, 4.69) is 9.97 Å². The lowest BCUT2D eigenvalue weighted by Gasteiger charge is -2.06. The van der Waals surface area contributed by atoms with Gasteiger partial charge in [0.15, 0.2) is 0 Å². The molecule has 16 heavy (non-hydrogen) atoms. The number of rotatable bonds is 2. The third-order valence-electron chi connectivity index (χ3n) is 1.78. The van der Waals surface area contributed by atoms with Crippen molar-refractivity contribution in [2.24, 2.45) is 0 Å². The van der Waals surface area contributed by atoms with Crippen LogP contribution in [0.1, 0.15) is 0 Å². The van der Waals surface area contributed by atoms with Crippen molar-refractivity contribution in [3.05, 3.63) is 40.8 Å². The smallest absolute Gasteiger partial charge is 0.242 e. The lowest BCUT2D eigenvalue weighted by atomic mass is 10.3. The van der Waals surface area contributed by atoms with Gasteiger partial charge in [-0.15, -0.1) is 0 Å². The Hall–Kier alpha value is -1.52. The maximum atomic E-state index is 5.84. The molecular weight excluding hydrogens is 249 g/mol. The molecule has 2 rings (SSSR count). The van der Waals surface area contributed by atoms with Crippen LogP contribution >= 0.6 is 23.2 Å². The zero-order valence-electron chi connectivity index (χ0n) is 8.02. The highest BCUT2D eigenvalue weighted by Gasteiger charge is 2.06. The van der Waals surface area contributed by atoms with Crippen LogP contribution in [-0.4, -0.2) is 9.97 Å². The van der Waals surface area contributed by atoms with E-state index in [1.807, 2.05) is 0 Å². The normalized spacial score (nSPS) is 10.1. The molecule has 6 heteroatoms. The van der Waals surface area contributed by atoms with Crippen LogP contribution < -0.4 is 10.5 Å². The summed E-state index contributed by atoms with van der Waals surface area (Å²) in [6, 6.07) is 6.85. The first-order chi connectivity index (χ1) is 7.65. The Morgan fingerprint density at radius 1 is 1.12 bits per heavy atom. The second-order valence-electron chi connectivity index (χ2n) is 2.96. The second-order valence-corrected chi connectivity index (χ2v) is 3.71. The van der Waals surface area contributed by atoms with Gasteiger partial charge in [0.2, 0.25) is 11.2 Å². The van der Waals surface area contributed by atoms with Crippen molar-refractivity contribution in [1.29, 1.82) is 0 Å². The van der Waals surface area contributed by atoms with E-state index in [9.17, 15) is 0 Å². The summed E-state index contributed by atoms with van der Waals surface area (Å²) in [5.41, 5.74) is 6.20. The summed E-state index contributed by atoms with van der Waals surface area (Å²) in [6.45, 7) is 0. The fourth-order valence-corrected chi connectivity index (χ4v) is 1.31. The molecule has 1 aromatic carbocycles. The molecule has 0 bridgehead atoms. The minimum absolute atomic E-state index is 0.0786. The molecule has 0 aliphatic carbocycles. The van der Waals surface area contributed by atoms with Crippen molar-refractivity contribution in [3.8, 4) is 11.6 Å². The van der Waals surface area contributed by atoms with Crippen LogP contribution in [0.3, 0.4) is 0 Å². The van der Waals surface area contributed by atoms with Crippen LogP contribution in [-0.2, 0) is 0 Å². The van der Waals surface area contributed by atoms with Gasteiger partial charge in [-0.25, -0.2) is 4.98 Å². The van der Waals surface area contributed by atoms with Gasteiger partial charge in [-0.1, -0.05) is 11.6 Å². The van der Waals surface area contributed by atoms with Gasteiger partial charge in [0.05, 0.1) is 6.20 Å². The monoisotopic (exact) mass is 255 g/mol. The highest BCUT2D eigenvalue weighted by Crippen LogP contribution is 2.27. The molecule has 82 valence electrons. The van der Waals surface area contributed by atoms with Gasteiger partial charge in [0.25, 0.3) is 0 Å². The molecule has 0 amide bonds. The fraction of sp³-hybridized carbons (Fsp3) is 0. The predicted molar refractivity (Wildman–Crippen MR) is 63.0 cm³/mol. The first-order valence-electron chi connectivity index (χ1n) is 4.36. The number of hydrogen-bond acceptors (Lipinski definition) is 4. The fourth-order valence-electron chi connectivity index (χ4n) is 1.05. The number of nitrogen functional groups attached to an aromatic ring is 1. The Morgan fingerprint density at radius 2 is 1.81 bits per heavy atom. The molecule has 0 spiro atoms. The number of hydrogen-bond donors (Lipinski definition) is 1. The van der Waals surface area contributed by atoms with Crippen LogP contribution in [0.4, 0.5) is 5.69 Å². The van der Waals surface area contributed by atoms with E-state index in [1.54, 1.807) is 24.3 Å². The van der Waals surface area contributed by atoms with E-state index < -0.39 is 0 Å². The average Bonchev–Trinajstić information content (AvgIpc) is 2.27. The zero-order chi connectivity index (χ0) is 11.5. The van der Waals surface area contributed by atoms with E-state index in [-0.39, 0.29) is 11.2 Å². The van der Waals surface area contributed by atoms with Crippen LogP contribution in [0.2, 0.25) is 10.3 Å². The topological polar surface area (TPSA) is 61.0 Å². The molecular formula is C10H7Cl2N3O. The third-order valence-corrected chi connectivity index (χ3v) is 2.22. The van der Waals surface area contributed by atoms with E-state index in [0.717, 1.165) is 0 Å². The first-order valence-corrected chi connectivity index (χ1v) is 5.12. The highest BCUT2D eigenvalue weighted by atomic mass is 35.5. The lowest BCUT2D eigenvalue weighted by Crippen LogP contribution is -1.92. The number of ether oxygens (including phenoxy) is 1. The molecule has 0 radical (unpaired) electrons. The van der Waals surface area contributed by atoms with Gasteiger partial charge in [-0.3, -0.25) is 0 Å². The van der Waals surface area contributed by atoms with Crippen molar-refractivity contribution >= 4 is 28.9 Å². The standard InChI is InChI=1S/C10H7Cl2N3O/c11-8-5-14-10(12)15-9(8)16-7-3-1-6(13)2-4-7/h1-5H,13H2. The maximum Gasteiger partial charge on any atom is 0.242 e. The highest BCUT2D eigenvalue weighted by molar-refractivity contribution is 6.32. The molecule has 0 fully saturated rings. The molecule has 1 heterocycles. The van der Waals surface area contributed by atoms with Crippen LogP contribution in [0.15, 0.2) is 30.5 Å². The van der Waals surface area contributed by atoms with Crippen molar-refractivity contribution in [2.45, 2.75) is 0 Å². The number of nitrogens with zero attached hydrogens (tertiary/aromatic N) is 2. The van der Waals surface area contributed by atoms with E-state index >= 15 is 0 Å². The predicted octanol–water partition coefficient (Wildman–Crippen LogP) is 3.16. The van der Waals surface area contributed by atoms with Crippen molar-refractivity contribution in [2.75, 3.05) is 5.73 Å². The summed E-state index contributed by atoms with van der Waals surface area (Å²) in [5, 5.41) is 0.371. The summed E-state index contributed by atoms with van der Waals surface area (Å²) in [7, 11) is 0. The molecule has 0 atom stereocenters. The molecule has 0 aliphatic heterocycles. The number of anilines is 1. The molecule has 2 aromatic rings. The molecule has 2 N–H and O–H groups in total. The summed E-state index contributed by atoms with van der Waals surface area (Å²) in [4.78, 5) is 7.58. The molecule has 4 nitrogen and oxygen atoms in total. The van der Waals surface area contributed by atoms with Gasteiger partial charge in [-0.2, -0.15) is 4.98 Å². The van der Waals surface area contributed by atoms with Gasteiger partial charge < -0.3 is 10.5 Å². The van der Waals surface area contributed by atoms with Crippen molar-refractivity contribution in [3.63, 3.8) is 0 Å². The SMILES string of the molecule is Nc1ccc(Oc2nc(Cl)ncc2Cl)cc1. The molecule has 0 saturated heterocycles. The average molecular weight is 256 g/mol. The Morgan fingerprint density at radius 3 is 2.50 bits per heavy atom. The van der Waals surface area contributed by atoms with E-state index in [1.165, 1.54) is 6.20 Å². The summed E-state index contributed by atoms with van der Waals surface area (Å²) in [6.07, 6.45) is 1.38. The molecule has 0 saturated carbocycles. The molecule has 1 aromatic heterocycles. The lowest BCUT2D eigenvalue weighted by molar-refractivity contribution is 0.462. The number of halogens is 2. The largest absolute Gasteiger partial charge is 0.437 e. The number of nitrogens with two attached hydrogens (primary N) is 1. The zero-order valence-corrected chi connectivity index (χ0v) is 9.53. The summed E-state index contributed by atoms with van der Waals surface area (Å²) >= 11 is 11.5. The van der Waals surface area contributed by atoms with Gasteiger partial charge in [0.1, 0.15) is 10.8 Å². The van der Waals surface area contributed by atoms with Crippen LogP contribution in [0.5, 0.6) is 11.6 Å². The Labute approximate surface area is 102 Å². The second kappa shape index (κ2) is 4.55. The molecule has 0 unspecified atom stereocenters. The Balaban J connectivity index is 2.26. The third kappa shape index (κ3) is 2.53. The minimum atomic E-state index is 0.0786. The van der Waals surface area contributed by atoms with Crippen molar-refractivity contribution in [1.82, 2.24) is 9.97 Å². The summed E-state index contributed by atoms with van der Waals surface area (Å²) in [5.74, 6) is 0.789. The van der Waals surface area contributed by atoms with Crippen molar-refractivity contribution < 1.29 is 4.74 Å². The number of benzene rings is 1. The van der Waals surface area contributed by atoms with Gasteiger partial charge in [-0.05, 0) is 35.9 Å². The van der Waals surface area contributed by atoms with E-state index in [0.29, 0.717) is 16.5 Å². The molecule has 0 aliphatic rings. The van der Waals surface area contributed by atoms with Gasteiger partial charge >= 0.3 is 0 Å². The minimum Gasteiger partial charge on any atom is -0.437 e. The summed E-state index contributed by atoms with van der Waals surface area (Å²) < 4.78 is 5.42. The quantitative estimate of drug-likeness (QED) is 0.662. The first kappa shape index (κ1) is 11.0. The number of aromatic nitrogens is 2. The van der Waals surface area contributed by atoms with Crippen LogP contribution in [0.25, 0.3) is 0 Å². The van der Waals surface area contributed by atoms with Gasteiger partial charge in [0, 0.05) is 5.69 Å².